The second-order valence-corrected chi connectivity index (χ2v) is 7.87. The Morgan fingerprint density at radius 1 is 1.23 bits per heavy atom. The van der Waals surface area contributed by atoms with Gasteiger partial charge in [-0.25, -0.2) is 8.42 Å². The van der Waals surface area contributed by atoms with Crippen LogP contribution >= 0.6 is 0 Å². The summed E-state index contributed by atoms with van der Waals surface area (Å²) in [5.41, 5.74) is 0.510. The molecule has 0 N–H and O–H groups in total. The van der Waals surface area contributed by atoms with Crippen molar-refractivity contribution >= 4 is 15.9 Å². The third-order valence-electron chi connectivity index (χ3n) is 4.30. The highest BCUT2D eigenvalue weighted by molar-refractivity contribution is 7.89. The normalized spacial score (nSPS) is 17.4. The van der Waals surface area contributed by atoms with Crippen LogP contribution in [0.15, 0.2) is 29.2 Å². The number of amides is 1. The molecule has 1 fully saturated rings. The van der Waals surface area contributed by atoms with Crippen molar-refractivity contribution in [1.82, 2.24) is 9.21 Å². The number of hydrogen-bond donors (Lipinski definition) is 0. The van der Waals surface area contributed by atoms with Crippen LogP contribution in [0.4, 0.5) is 0 Å². The lowest BCUT2D eigenvalue weighted by Gasteiger charge is -2.29. The van der Waals surface area contributed by atoms with Crippen molar-refractivity contribution in [3.8, 4) is 0 Å². The van der Waals surface area contributed by atoms with E-state index < -0.39 is 10.0 Å². The zero-order valence-electron chi connectivity index (χ0n) is 13.4. The molecule has 0 spiro atoms. The van der Waals surface area contributed by atoms with E-state index in [1.807, 2.05) is 6.92 Å². The van der Waals surface area contributed by atoms with E-state index in [4.69, 9.17) is 0 Å². The Hall–Kier alpha value is -1.40. The summed E-state index contributed by atoms with van der Waals surface area (Å²) < 4.78 is 26.7. The van der Waals surface area contributed by atoms with E-state index in [9.17, 15) is 13.2 Å². The van der Waals surface area contributed by atoms with Gasteiger partial charge in [0.05, 0.1) is 4.90 Å². The van der Waals surface area contributed by atoms with Crippen LogP contribution in [0.3, 0.4) is 0 Å². The van der Waals surface area contributed by atoms with Crippen molar-refractivity contribution < 1.29 is 13.2 Å². The van der Waals surface area contributed by atoms with Crippen LogP contribution in [0.2, 0.25) is 0 Å². The van der Waals surface area contributed by atoms with Crippen molar-refractivity contribution in [2.75, 3.05) is 26.7 Å². The maximum absolute atomic E-state index is 12.6. The molecule has 0 radical (unpaired) electrons. The molecule has 1 saturated heterocycles. The molecule has 0 bridgehead atoms. The highest BCUT2D eigenvalue weighted by Gasteiger charge is 2.28. The van der Waals surface area contributed by atoms with Crippen molar-refractivity contribution in [2.45, 2.75) is 31.6 Å². The Morgan fingerprint density at radius 3 is 2.27 bits per heavy atom. The first-order valence-corrected chi connectivity index (χ1v) is 9.16. The van der Waals surface area contributed by atoms with Crippen LogP contribution in [0, 0.1) is 5.92 Å². The summed E-state index contributed by atoms with van der Waals surface area (Å²) in [6.07, 6.45) is 1.80. The molecular weight excluding hydrogens is 300 g/mol. The van der Waals surface area contributed by atoms with E-state index in [2.05, 4.69) is 6.92 Å². The molecule has 1 heterocycles. The van der Waals surface area contributed by atoms with Gasteiger partial charge in [-0.05, 0) is 49.9 Å². The Labute approximate surface area is 133 Å². The molecule has 0 unspecified atom stereocenters. The van der Waals surface area contributed by atoms with Crippen molar-refractivity contribution in [1.29, 1.82) is 0 Å². The van der Waals surface area contributed by atoms with Gasteiger partial charge < -0.3 is 4.90 Å². The van der Waals surface area contributed by atoms with E-state index in [1.165, 1.54) is 12.1 Å². The Morgan fingerprint density at radius 2 is 1.77 bits per heavy atom. The van der Waals surface area contributed by atoms with Crippen molar-refractivity contribution in [3.05, 3.63) is 29.8 Å². The fourth-order valence-electron chi connectivity index (χ4n) is 2.51. The van der Waals surface area contributed by atoms with Gasteiger partial charge in [-0.2, -0.15) is 4.31 Å². The molecule has 6 heteroatoms. The number of nitrogens with zero attached hydrogens (tertiary/aromatic N) is 2. The highest BCUT2D eigenvalue weighted by Crippen LogP contribution is 2.23. The number of carbonyl (C=O) groups is 1. The molecule has 1 aliphatic heterocycles. The van der Waals surface area contributed by atoms with Crippen LogP contribution in [-0.4, -0.2) is 50.2 Å². The zero-order chi connectivity index (χ0) is 16.3. The number of piperidine rings is 1. The molecular formula is C16H24N2O3S. The minimum atomic E-state index is -3.45. The highest BCUT2D eigenvalue weighted by atomic mass is 32.2. The molecule has 1 aromatic carbocycles. The summed E-state index contributed by atoms with van der Waals surface area (Å²) >= 11 is 0. The summed E-state index contributed by atoms with van der Waals surface area (Å²) in [5.74, 6) is 0.481. The second kappa shape index (κ2) is 6.79. The second-order valence-electron chi connectivity index (χ2n) is 5.93. The zero-order valence-corrected chi connectivity index (χ0v) is 14.3. The third kappa shape index (κ3) is 3.50. The van der Waals surface area contributed by atoms with Gasteiger partial charge in [0.1, 0.15) is 0 Å². The quantitative estimate of drug-likeness (QED) is 0.853. The summed E-state index contributed by atoms with van der Waals surface area (Å²) in [5, 5.41) is 0. The minimum absolute atomic E-state index is 0.0988. The molecule has 0 saturated carbocycles. The molecule has 1 amide bonds. The van der Waals surface area contributed by atoms with E-state index in [0.717, 1.165) is 12.8 Å². The standard InChI is InChI=1S/C16H24N2O3S/c1-4-17(3)16(19)14-5-7-15(8-6-14)22(20,21)18-11-9-13(2)10-12-18/h5-8,13H,4,9-12H2,1-3H3. The summed E-state index contributed by atoms with van der Waals surface area (Å²) in [6.45, 7) is 5.80. The fraction of sp³-hybridized carbons (Fsp3) is 0.562. The largest absolute Gasteiger partial charge is 0.342 e. The van der Waals surface area contributed by atoms with Gasteiger partial charge in [0.2, 0.25) is 10.0 Å². The monoisotopic (exact) mass is 324 g/mol. The van der Waals surface area contributed by atoms with E-state index >= 15 is 0 Å². The minimum Gasteiger partial charge on any atom is -0.342 e. The van der Waals surface area contributed by atoms with Crippen molar-refractivity contribution in [3.63, 3.8) is 0 Å². The number of carbonyl (C=O) groups excluding carboxylic acids is 1. The summed E-state index contributed by atoms with van der Waals surface area (Å²) in [7, 11) is -1.72. The molecule has 1 aliphatic rings. The van der Waals surface area contributed by atoms with Gasteiger partial charge in [0.15, 0.2) is 0 Å². The Balaban J connectivity index is 2.17. The molecule has 0 aromatic heterocycles. The molecule has 2 rings (SSSR count). The Bertz CT molecular complexity index is 617. The van der Waals surface area contributed by atoms with Crippen LogP contribution in [0.25, 0.3) is 0 Å². The molecule has 1 aromatic rings. The van der Waals surface area contributed by atoms with E-state index in [-0.39, 0.29) is 10.8 Å². The van der Waals surface area contributed by atoms with Gasteiger partial charge in [-0.3, -0.25) is 4.79 Å². The van der Waals surface area contributed by atoms with Crippen LogP contribution in [-0.2, 0) is 10.0 Å². The van der Waals surface area contributed by atoms with Gasteiger partial charge >= 0.3 is 0 Å². The van der Waals surface area contributed by atoms with Crippen LogP contribution < -0.4 is 0 Å². The SMILES string of the molecule is CCN(C)C(=O)c1ccc(S(=O)(=O)N2CCC(C)CC2)cc1. The maximum Gasteiger partial charge on any atom is 0.253 e. The molecule has 5 nitrogen and oxygen atoms in total. The number of hydrogen-bond acceptors (Lipinski definition) is 3. The first kappa shape index (κ1) is 17.0. The predicted molar refractivity (Wildman–Crippen MR) is 86.2 cm³/mol. The third-order valence-corrected chi connectivity index (χ3v) is 6.22. The van der Waals surface area contributed by atoms with Crippen molar-refractivity contribution in [2.24, 2.45) is 5.92 Å². The average Bonchev–Trinajstić information content (AvgIpc) is 2.54. The van der Waals surface area contributed by atoms with Gasteiger partial charge in [-0.15, -0.1) is 0 Å². The molecule has 0 atom stereocenters. The van der Waals surface area contributed by atoms with Gasteiger partial charge in [0.25, 0.3) is 5.91 Å². The van der Waals surface area contributed by atoms with Crippen LogP contribution in [0.5, 0.6) is 0 Å². The van der Waals surface area contributed by atoms with Crippen LogP contribution in [0.1, 0.15) is 37.0 Å². The predicted octanol–water partition coefficient (Wildman–Crippen LogP) is 2.20. The van der Waals surface area contributed by atoms with E-state index in [1.54, 1.807) is 28.4 Å². The smallest absolute Gasteiger partial charge is 0.253 e. The average molecular weight is 324 g/mol. The number of sulfonamides is 1. The Kier molecular flexibility index (Phi) is 5.24. The lowest BCUT2D eigenvalue weighted by Crippen LogP contribution is -2.37. The van der Waals surface area contributed by atoms with Gasteiger partial charge in [-0.1, -0.05) is 6.92 Å². The topological polar surface area (TPSA) is 57.7 Å². The number of benzene rings is 1. The summed E-state index contributed by atoms with van der Waals surface area (Å²) in [4.78, 5) is 13.9. The number of rotatable bonds is 4. The molecule has 122 valence electrons. The lowest BCUT2D eigenvalue weighted by atomic mass is 10.0. The fourth-order valence-corrected chi connectivity index (χ4v) is 3.98. The first-order chi connectivity index (χ1) is 10.4. The van der Waals surface area contributed by atoms with E-state index in [0.29, 0.717) is 31.1 Å². The summed E-state index contributed by atoms with van der Waals surface area (Å²) in [6, 6.07) is 6.25. The molecule has 0 aliphatic carbocycles. The molecule has 22 heavy (non-hydrogen) atoms. The van der Waals surface area contributed by atoms with Gasteiger partial charge in [0, 0.05) is 32.2 Å². The lowest BCUT2D eigenvalue weighted by molar-refractivity contribution is 0.0802. The maximum atomic E-state index is 12.6. The first-order valence-electron chi connectivity index (χ1n) is 7.72.